The molecule has 0 spiro atoms. The number of aromatic nitrogens is 4. The highest BCUT2D eigenvalue weighted by atomic mass is 32.2. The SMILES string of the molecule is Cc1c(-c2ccnn2-c2ccc(C#N)cc2)n(C(=O)N[C@H]2C[C@H](C[N+](C)(C)C)C2)c(=O)n1-c1cccc(C(F)(F)F)c1.O=S(=O)([O-])c1ccccc1. The molecule has 16 heteroatoms. The lowest BCUT2D eigenvalue weighted by Gasteiger charge is -2.39. The maximum Gasteiger partial charge on any atom is 0.416 e. The minimum atomic E-state index is -4.61. The molecule has 0 atom stereocenters. The number of nitrogens with zero attached hydrogens (tertiary/aromatic N) is 6. The standard InChI is InChI=1S/C30H30F3N7O2.C6H6O3S/c1-19-27(26-12-13-35-39(26)24-10-8-20(17-34)9-11-24)38(28(41)36-23-14-21(15-23)18-40(2,3)4)29(42)37(19)25-7-5-6-22(16-25)30(31,32)33;7-10(8,9)6-4-2-1-3-5-6/h5-13,16,21,23H,14-15,18H2,1-4H3;1-5H,(H,7,8,9)/t21-,23-;. The Hall–Kier alpha value is -5.50. The summed E-state index contributed by atoms with van der Waals surface area (Å²) in [4.78, 5) is 27.4. The fraction of sp³-hybridized carbons (Fsp3) is 0.278. The maximum absolute atomic E-state index is 13.9. The summed E-state index contributed by atoms with van der Waals surface area (Å²) in [6.45, 7) is 2.53. The first kappa shape index (κ1) is 37.7. The maximum atomic E-state index is 13.9. The highest BCUT2D eigenvalue weighted by Crippen LogP contribution is 2.33. The number of halogens is 3. The van der Waals surface area contributed by atoms with E-state index in [1.54, 1.807) is 43.3 Å². The molecule has 1 saturated carbocycles. The molecule has 3 aromatic carbocycles. The van der Waals surface area contributed by atoms with Gasteiger partial charge in [0.15, 0.2) is 0 Å². The molecule has 1 aliphatic carbocycles. The van der Waals surface area contributed by atoms with Crippen LogP contribution in [0.5, 0.6) is 0 Å². The summed E-state index contributed by atoms with van der Waals surface area (Å²) >= 11 is 0. The van der Waals surface area contributed by atoms with E-state index in [0.29, 0.717) is 22.9 Å². The number of nitriles is 1. The van der Waals surface area contributed by atoms with Crippen molar-refractivity contribution in [1.29, 1.82) is 5.26 Å². The van der Waals surface area contributed by atoms with E-state index in [4.69, 9.17) is 0 Å². The van der Waals surface area contributed by atoms with Gasteiger partial charge in [0.05, 0.1) is 78.7 Å². The fourth-order valence-electron chi connectivity index (χ4n) is 6.19. The molecule has 0 saturated heterocycles. The molecule has 0 aliphatic heterocycles. The van der Waals surface area contributed by atoms with E-state index in [0.717, 1.165) is 45.1 Å². The number of amides is 1. The molecule has 0 unspecified atom stereocenters. The fourth-order valence-corrected chi connectivity index (χ4v) is 6.68. The van der Waals surface area contributed by atoms with E-state index in [1.807, 2.05) is 0 Å². The predicted octanol–water partition coefficient (Wildman–Crippen LogP) is 5.32. The van der Waals surface area contributed by atoms with E-state index >= 15 is 0 Å². The van der Waals surface area contributed by atoms with Crippen LogP contribution in [0, 0.1) is 24.2 Å². The predicted molar refractivity (Wildman–Crippen MR) is 185 cm³/mol. The zero-order valence-electron chi connectivity index (χ0n) is 28.7. The van der Waals surface area contributed by atoms with Crippen LogP contribution in [0.15, 0.2) is 101 Å². The lowest BCUT2D eigenvalue weighted by molar-refractivity contribution is -0.874. The molecule has 272 valence electrons. The third-order valence-electron chi connectivity index (χ3n) is 8.45. The summed E-state index contributed by atoms with van der Waals surface area (Å²) in [6.07, 6.45) is -1.58. The first-order valence-electron chi connectivity index (χ1n) is 16.1. The average molecular weight is 736 g/mol. The van der Waals surface area contributed by atoms with Crippen molar-refractivity contribution in [3.05, 3.63) is 118 Å². The van der Waals surface area contributed by atoms with E-state index in [9.17, 15) is 41.0 Å². The number of benzene rings is 3. The number of hydrogen-bond donors (Lipinski definition) is 1. The van der Waals surface area contributed by atoms with Crippen LogP contribution in [0.2, 0.25) is 0 Å². The van der Waals surface area contributed by atoms with Gasteiger partial charge in [-0.2, -0.15) is 23.5 Å². The van der Waals surface area contributed by atoms with Crippen LogP contribution < -0.4 is 11.0 Å². The Labute approximate surface area is 298 Å². The van der Waals surface area contributed by atoms with Crippen molar-refractivity contribution in [1.82, 2.24) is 24.2 Å². The molecular formula is C36H36F3N7O5S. The van der Waals surface area contributed by atoms with Crippen LogP contribution in [0.1, 0.15) is 29.7 Å². The Morgan fingerprint density at radius 1 is 1.00 bits per heavy atom. The Bertz CT molecular complexity index is 2280. The second-order valence-electron chi connectivity index (χ2n) is 13.4. The molecule has 6 rings (SSSR count). The van der Waals surface area contributed by atoms with Crippen molar-refractivity contribution in [2.75, 3.05) is 27.7 Å². The minimum Gasteiger partial charge on any atom is -0.744 e. The van der Waals surface area contributed by atoms with E-state index in [1.165, 1.54) is 47.3 Å². The van der Waals surface area contributed by atoms with Gasteiger partial charge in [0.2, 0.25) is 0 Å². The molecule has 1 aliphatic rings. The molecule has 2 aromatic heterocycles. The Morgan fingerprint density at radius 3 is 2.21 bits per heavy atom. The summed E-state index contributed by atoms with van der Waals surface area (Å²) in [5.74, 6) is 0.431. The summed E-state index contributed by atoms with van der Waals surface area (Å²) in [5.41, 5.74) is 0.129. The lowest BCUT2D eigenvalue weighted by atomic mass is 9.79. The molecule has 12 nitrogen and oxygen atoms in total. The number of quaternary nitrogens is 1. The lowest BCUT2D eigenvalue weighted by Crippen LogP contribution is -2.52. The highest BCUT2D eigenvalue weighted by Gasteiger charge is 2.36. The number of rotatable bonds is 7. The van der Waals surface area contributed by atoms with E-state index < -0.39 is 33.6 Å². The second-order valence-corrected chi connectivity index (χ2v) is 14.8. The molecule has 5 aromatic rings. The molecule has 2 heterocycles. The molecule has 1 fully saturated rings. The number of imidazole rings is 1. The molecule has 0 bridgehead atoms. The van der Waals surface area contributed by atoms with Gasteiger partial charge in [-0.3, -0.25) is 4.57 Å². The Balaban J connectivity index is 0.000000452. The minimum absolute atomic E-state index is 0.0174. The Morgan fingerprint density at radius 2 is 1.65 bits per heavy atom. The van der Waals surface area contributed by atoms with Gasteiger partial charge in [0.25, 0.3) is 0 Å². The molecule has 1 N–H and O–H groups in total. The van der Waals surface area contributed by atoms with Crippen LogP contribution in [0.4, 0.5) is 18.0 Å². The average Bonchev–Trinajstić information content (AvgIpc) is 3.64. The zero-order valence-corrected chi connectivity index (χ0v) is 29.5. The van der Waals surface area contributed by atoms with Crippen molar-refractivity contribution >= 4 is 16.1 Å². The highest BCUT2D eigenvalue weighted by molar-refractivity contribution is 7.85. The number of nitrogens with one attached hydrogen (secondary N) is 1. The van der Waals surface area contributed by atoms with Crippen LogP contribution in [-0.4, -0.2) is 76.1 Å². The monoisotopic (exact) mass is 735 g/mol. The first-order chi connectivity index (χ1) is 24.4. The molecule has 52 heavy (non-hydrogen) atoms. The van der Waals surface area contributed by atoms with Gasteiger partial charge in [-0.05, 0) is 80.4 Å². The van der Waals surface area contributed by atoms with Gasteiger partial charge in [0.1, 0.15) is 15.8 Å². The summed E-state index contributed by atoms with van der Waals surface area (Å²) < 4.78 is 75.9. The number of carbonyl (C=O) groups excluding carboxylic acids is 1. The largest absolute Gasteiger partial charge is 0.744 e. The third-order valence-corrected chi connectivity index (χ3v) is 9.30. The van der Waals surface area contributed by atoms with E-state index in [2.05, 4.69) is 37.6 Å². The summed E-state index contributed by atoms with van der Waals surface area (Å²) in [7, 11) is 2.06. The third kappa shape index (κ3) is 8.51. The normalized spacial score (nSPS) is 15.9. The van der Waals surface area contributed by atoms with Gasteiger partial charge in [-0.25, -0.2) is 27.3 Å². The van der Waals surface area contributed by atoms with Crippen molar-refractivity contribution in [3.8, 4) is 28.8 Å². The van der Waals surface area contributed by atoms with Gasteiger partial charge in [0, 0.05) is 12.0 Å². The van der Waals surface area contributed by atoms with Crippen LogP contribution in [-0.2, 0) is 16.3 Å². The molecular weight excluding hydrogens is 700 g/mol. The van der Waals surface area contributed by atoms with Crippen LogP contribution in [0.3, 0.4) is 0 Å². The van der Waals surface area contributed by atoms with Crippen LogP contribution >= 0.6 is 0 Å². The van der Waals surface area contributed by atoms with E-state index in [-0.39, 0.29) is 28.0 Å². The van der Waals surface area contributed by atoms with Crippen molar-refractivity contribution < 1.29 is 35.4 Å². The number of carbonyl (C=O) groups is 1. The van der Waals surface area contributed by atoms with Gasteiger partial charge in [-0.15, -0.1) is 0 Å². The van der Waals surface area contributed by atoms with Crippen LogP contribution in [0.25, 0.3) is 22.8 Å². The van der Waals surface area contributed by atoms with Gasteiger partial charge < -0.3 is 14.4 Å². The zero-order chi connectivity index (χ0) is 38.0. The Kier molecular flexibility index (Phi) is 10.6. The summed E-state index contributed by atoms with van der Waals surface area (Å²) in [5, 5.41) is 16.5. The van der Waals surface area contributed by atoms with Gasteiger partial charge in [-0.1, -0.05) is 24.3 Å². The number of alkyl halides is 3. The second kappa shape index (κ2) is 14.6. The molecule has 1 amide bonds. The van der Waals surface area contributed by atoms with Crippen molar-refractivity contribution in [2.45, 2.75) is 36.9 Å². The van der Waals surface area contributed by atoms with Crippen molar-refractivity contribution in [2.24, 2.45) is 5.92 Å². The summed E-state index contributed by atoms with van der Waals surface area (Å²) in [6, 6.07) is 21.1. The quantitative estimate of drug-likeness (QED) is 0.175. The number of hydrogen-bond acceptors (Lipinski definition) is 7. The van der Waals surface area contributed by atoms with Crippen molar-refractivity contribution in [3.63, 3.8) is 0 Å². The molecule has 0 radical (unpaired) electrons. The first-order valence-corrected chi connectivity index (χ1v) is 17.5. The smallest absolute Gasteiger partial charge is 0.416 e. The topological polar surface area (TPSA) is 155 Å². The van der Waals surface area contributed by atoms with Gasteiger partial charge >= 0.3 is 17.9 Å².